The van der Waals surface area contributed by atoms with Crippen LogP contribution in [0.15, 0.2) is 26.7 Å². The maximum absolute atomic E-state index is 9.40. The van der Waals surface area contributed by atoms with Crippen LogP contribution >= 0.6 is 35.1 Å². The molecule has 10 heteroatoms. The number of hydrogen-bond donors (Lipinski definition) is 0. The zero-order valence-corrected chi connectivity index (χ0v) is 13.4. The molecule has 1 aliphatic rings. The van der Waals surface area contributed by atoms with Crippen molar-refractivity contribution >= 4 is 40.7 Å². The molecule has 0 saturated carbocycles. The van der Waals surface area contributed by atoms with Gasteiger partial charge in [0.1, 0.15) is 33.8 Å². The summed E-state index contributed by atoms with van der Waals surface area (Å²) in [6.45, 7) is 0. The summed E-state index contributed by atoms with van der Waals surface area (Å²) in [5.41, 5.74) is 0.178. The van der Waals surface area contributed by atoms with Gasteiger partial charge in [0, 0.05) is 12.4 Å². The van der Waals surface area contributed by atoms with Crippen molar-refractivity contribution in [2.24, 2.45) is 0 Å². The molecule has 0 unspecified atom stereocenters. The summed E-state index contributed by atoms with van der Waals surface area (Å²) in [6.07, 6.45) is 2.80. The SMILES string of the molecule is N#CC(=C1Sc2nc(C#N)c(C#N)nc2S1)c1ncc(Cl)cn1. The van der Waals surface area contributed by atoms with Crippen LogP contribution in [0.5, 0.6) is 0 Å². The van der Waals surface area contributed by atoms with E-state index in [0.717, 1.165) is 0 Å². The van der Waals surface area contributed by atoms with E-state index in [4.69, 9.17) is 22.1 Å². The van der Waals surface area contributed by atoms with Gasteiger partial charge in [0.2, 0.25) is 0 Å². The number of fused-ring (bicyclic) bond motifs is 1. The lowest BCUT2D eigenvalue weighted by molar-refractivity contribution is 0.902. The number of nitrogens with zero attached hydrogens (tertiary/aromatic N) is 7. The molecule has 23 heavy (non-hydrogen) atoms. The molecule has 3 rings (SSSR count). The summed E-state index contributed by atoms with van der Waals surface area (Å²) < 4.78 is 0.587. The van der Waals surface area contributed by atoms with Gasteiger partial charge in [0.05, 0.1) is 9.26 Å². The molecular weight excluding hydrogens is 354 g/mol. The second-order valence-corrected chi connectivity index (χ2v) is 6.65. The molecule has 108 valence electrons. The smallest absolute Gasteiger partial charge is 0.178 e. The second-order valence-electron chi connectivity index (χ2n) is 3.96. The Morgan fingerprint density at radius 2 is 1.48 bits per heavy atom. The lowest BCUT2D eigenvalue weighted by Crippen LogP contribution is -1.96. The summed E-state index contributed by atoms with van der Waals surface area (Å²) in [5, 5.41) is 28.7. The first kappa shape index (κ1) is 15.3. The maximum atomic E-state index is 9.40. The first-order valence-electron chi connectivity index (χ1n) is 5.86. The number of aromatic nitrogens is 4. The normalized spacial score (nSPS) is 12.0. The molecule has 0 bridgehead atoms. The lowest BCUT2D eigenvalue weighted by Gasteiger charge is -2.00. The standard InChI is InChI=1S/C13H2ClN7S2/c14-6-4-18-10(19-5-6)7(1-15)13-22-11-12(23-13)21-9(3-17)8(2-16)20-11/h4-5H. The Balaban J connectivity index is 2.06. The molecule has 0 fully saturated rings. The van der Waals surface area contributed by atoms with Crippen LogP contribution in [0.2, 0.25) is 5.02 Å². The summed E-state index contributed by atoms with van der Waals surface area (Å²) in [4.78, 5) is 16.3. The summed E-state index contributed by atoms with van der Waals surface area (Å²) in [6, 6.07) is 5.72. The first-order chi connectivity index (χ1) is 11.2. The monoisotopic (exact) mass is 355 g/mol. The molecule has 3 heterocycles. The second kappa shape index (κ2) is 6.23. The molecule has 0 spiro atoms. The van der Waals surface area contributed by atoms with Crippen molar-refractivity contribution in [1.29, 1.82) is 15.8 Å². The Morgan fingerprint density at radius 1 is 0.957 bits per heavy atom. The molecule has 0 radical (unpaired) electrons. The third kappa shape index (κ3) is 2.84. The third-order valence-corrected chi connectivity index (χ3v) is 5.14. The molecule has 0 saturated heterocycles. The van der Waals surface area contributed by atoms with Gasteiger partial charge in [-0.3, -0.25) is 0 Å². The fraction of sp³-hybridized carbons (Fsp3) is 0. The molecule has 0 N–H and O–H groups in total. The van der Waals surface area contributed by atoms with Crippen molar-refractivity contribution in [2.75, 3.05) is 0 Å². The lowest BCUT2D eigenvalue weighted by atomic mass is 10.3. The Bertz CT molecular complexity index is 919. The maximum Gasteiger partial charge on any atom is 0.178 e. The fourth-order valence-electron chi connectivity index (χ4n) is 1.62. The fourth-order valence-corrected chi connectivity index (χ4v) is 3.98. The van der Waals surface area contributed by atoms with Gasteiger partial charge in [-0.1, -0.05) is 35.1 Å². The number of allylic oxidation sites excluding steroid dienone is 1. The molecule has 0 aromatic carbocycles. The van der Waals surface area contributed by atoms with E-state index >= 15 is 0 Å². The molecular formula is C13H2ClN7S2. The van der Waals surface area contributed by atoms with E-state index in [1.54, 1.807) is 0 Å². The van der Waals surface area contributed by atoms with Crippen LogP contribution in [0.3, 0.4) is 0 Å². The van der Waals surface area contributed by atoms with E-state index in [1.807, 2.05) is 12.1 Å². The minimum atomic E-state index is -0.0400. The highest BCUT2D eigenvalue weighted by atomic mass is 35.5. The predicted molar refractivity (Wildman–Crippen MR) is 82.8 cm³/mol. The Hall–Kier alpha value is -2.64. The average Bonchev–Trinajstić information content (AvgIpc) is 2.98. The van der Waals surface area contributed by atoms with Crippen LogP contribution in [-0.2, 0) is 0 Å². The van der Waals surface area contributed by atoms with E-state index in [9.17, 15) is 5.26 Å². The Kier molecular flexibility index (Phi) is 4.14. The van der Waals surface area contributed by atoms with Gasteiger partial charge in [0.25, 0.3) is 0 Å². The van der Waals surface area contributed by atoms with Crippen LogP contribution in [0.1, 0.15) is 17.2 Å². The van der Waals surface area contributed by atoms with Crippen molar-refractivity contribution in [3.8, 4) is 18.2 Å². The van der Waals surface area contributed by atoms with Gasteiger partial charge in [0.15, 0.2) is 17.2 Å². The van der Waals surface area contributed by atoms with Crippen molar-refractivity contribution in [1.82, 2.24) is 19.9 Å². The van der Waals surface area contributed by atoms with Gasteiger partial charge in [-0.2, -0.15) is 15.8 Å². The molecule has 7 nitrogen and oxygen atoms in total. The van der Waals surface area contributed by atoms with E-state index < -0.39 is 0 Å². The minimum absolute atomic E-state index is 0.0400. The molecule has 2 aromatic heterocycles. The van der Waals surface area contributed by atoms with Gasteiger partial charge < -0.3 is 0 Å². The van der Waals surface area contributed by atoms with E-state index in [1.165, 1.54) is 35.9 Å². The van der Waals surface area contributed by atoms with E-state index in [2.05, 4.69) is 26.0 Å². The zero-order valence-electron chi connectivity index (χ0n) is 11.0. The van der Waals surface area contributed by atoms with Crippen molar-refractivity contribution in [3.63, 3.8) is 0 Å². The number of nitriles is 3. The highest BCUT2D eigenvalue weighted by Crippen LogP contribution is 2.51. The Morgan fingerprint density at radius 3 is 1.91 bits per heavy atom. The van der Waals surface area contributed by atoms with Crippen LogP contribution in [0.25, 0.3) is 5.57 Å². The van der Waals surface area contributed by atoms with Crippen LogP contribution in [0, 0.1) is 34.0 Å². The molecule has 0 aliphatic carbocycles. The van der Waals surface area contributed by atoms with Gasteiger partial charge in [-0.15, -0.1) is 0 Å². The highest BCUT2D eigenvalue weighted by Gasteiger charge is 2.27. The molecule has 0 amide bonds. The van der Waals surface area contributed by atoms with Gasteiger partial charge >= 0.3 is 0 Å². The van der Waals surface area contributed by atoms with Gasteiger partial charge in [-0.25, -0.2) is 19.9 Å². The highest BCUT2D eigenvalue weighted by molar-refractivity contribution is 8.24. The van der Waals surface area contributed by atoms with Gasteiger partial charge in [-0.05, 0) is 0 Å². The summed E-state index contributed by atoms with van der Waals surface area (Å²) >= 11 is 8.12. The number of thioether (sulfide) groups is 2. The molecule has 0 atom stereocenters. The van der Waals surface area contributed by atoms with E-state index in [-0.39, 0.29) is 22.8 Å². The third-order valence-electron chi connectivity index (χ3n) is 2.58. The summed E-state index contributed by atoms with van der Waals surface area (Å²) in [5.74, 6) is 0.237. The topological polar surface area (TPSA) is 123 Å². The number of hydrogen-bond acceptors (Lipinski definition) is 9. The van der Waals surface area contributed by atoms with E-state index in [0.29, 0.717) is 19.3 Å². The zero-order chi connectivity index (χ0) is 16.4. The molecule has 2 aromatic rings. The molecule has 1 aliphatic heterocycles. The quantitative estimate of drug-likeness (QED) is 0.710. The van der Waals surface area contributed by atoms with Crippen LogP contribution in [-0.4, -0.2) is 19.9 Å². The number of halogens is 1. The minimum Gasteiger partial charge on any atom is -0.234 e. The average molecular weight is 356 g/mol. The summed E-state index contributed by atoms with van der Waals surface area (Å²) in [7, 11) is 0. The predicted octanol–water partition coefficient (Wildman–Crippen LogP) is 2.75. The largest absolute Gasteiger partial charge is 0.234 e. The first-order valence-corrected chi connectivity index (χ1v) is 7.87. The van der Waals surface area contributed by atoms with Crippen LogP contribution < -0.4 is 0 Å². The van der Waals surface area contributed by atoms with Crippen molar-refractivity contribution in [3.05, 3.63) is 38.9 Å². The van der Waals surface area contributed by atoms with Crippen molar-refractivity contribution in [2.45, 2.75) is 10.1 Å². The van der Waals surface area contributed by atoms with Crippen molar-refractivity contribution < 1.29 is 0 Å². The number of rotatable bonds is 1. The van der Waals surface area contributed by atoms with Crippen LogP contribution in [0.4, 0.5) is 0 Å². The Labute approximate surface area is 143 Å².